The van der Waals surface area contributed by atoms with Crippen molar-refractivity contribution in [2.75, 3.05) is 12.4 Å². The smallest absolute Gasteiger partial charge is 0.265 e. The number of hydrogen-bond donors (Lipinski definition) is 1. The Morgan fingerprint density at radius 1 is 1.26 bits per heavy atom. The molecule has 0 spiro atoms. The number of carbonyl (C=O) groups is 1. The van der Waals surface area contributed by atoms with Crippen molar-refractivity contribution in [3.63, 3.8) is 0 Å². The molecule has 0 aliphatic rings. The number of carbonyl (C=O) groups excluding carboxylic acids is 1. The third-order valence-electron chi connectivity index (χ3n) is 3.17. The largest absolute Gasteiger partial charge is 0.497 e. The lowest BCUT2D eigenvalue weighted by Gasteiger charge is -2.18. The number of amides is 1. The van der Waals surface area contributed by atoms with E-state index in [2.05, 4.69) is 21.2 Å². The Hall–Kier alpha value is -2.08. The molecule has 1 amide bonds. The molecule has 0 heterocycles. The van der Waals surface area contributed by atoms with Gasteiger partial charge in [0.2, 0.25) is 0 Å². The van der Waals surface area contributed by atoms with Gasteiger partial charge in [0, 0.05) is 10.5 Å². The minimum absolute atomic E-state index is 0.117. The molecule has 0 saturated carbocycles. The average molecular weight is 382 g/mol. The third kappa shape index (κ3) is 4.69. The Morgan fingerprint density at radius 2 is 2.00 bits per heavy atom. The summed E-state index contributed by atoms with van der Waals surface area (Å²) in [5.74, 6) is 0.236. The first-order valence-electron chi connectivity index (χ1n) is 7.10. The van der Waals surface area contributed by atoms with Gasteiger partial charge in [0.25, 0.3) is 5.91 Å². The van der Waals surface area contributed by atoms with Crippen molar-refractivity contribution in [1.82, 2.24) is 0 Å². The van der Waals surface area contributed by atoms with Gasteiger partial charge in [0.1, 0.15) is 17.3 Å². The third-order valence-corrected chi connectivity index (χ3v) is 3.67. The van der Waals surface area contributed by atoms with Crippen molar-refractivity contribution >= 4 is 27.5 Å². The highest BCUT2D eigenvalue weighted by atomic mass is 79.9. The molecule has 2 aromatic rings. The van der Waals surface area contributed by atoms with E-state index in [0.29, 0.717) is 22.4 Å². The SMILES string of the molecule is CC[C@@H](Oc1cccc(OC)c1)C(=O)Nc1ccc(Br)cc1F. The number of ether oxygens (including phenoxy) is 2. The quantitative estimate of drug-likeness (QED) is 0.806. The predicted molar refractivity (Wildman–Crippen MR) is 90.4 cm³/mol. The zero-order valence-corrected chi connectivity index (χ0v) is 14.4. The van der Waals surface area contributed by atoms with Crippen LogP contribution in [-0.4, -0.2) is 19.1 Å². The lowest BCUT2D eigenvalue weighted by molar-refractivity contribution is -0.122. The van der Waals surface area contributed by atoms with E-state index in [9.17, 15) is 9.18 Å². The fourth-order valence-electron chi connectivity index (χ4n) is 1.97. The molecule has 2 rings (SSSR count). The van der Waals surface area contributed by atoms with E-state index < -0.39 is 17.8 Å². The molecule has 0 radical (unpaired) electrons. The molecule has 122 valence electrons. The van der Waals surface area contributed by atoms with E-state index in [1.807, 2.05) is 6.92 Å². The van der Waals surface area contributed by atoms with E-state index in [1.54, 1.807) is 37.4 Å². The van der Waals surface area contributed by atoms with Crippen LogP contribution < -0.4 is 14.8 Å². The molecule has 0 unspecified atom stereocenters. The first-order valence-corrected chi connectivity index (χ1v) is 7.89. The molecule has 6 heteroatoms. The highest BCUT2D eigenvalue weighted by Gasteiger charge is 2.20. The van der Waals surface area contributed by atoms with E-state index in [4.69, 9.17) is 9.47 Å². The number of methoxy groups -OCH3 is 1. The maximum Gasteiger partial charge on any atom is 0.265 e. The van der Waals surface area contributed by atoms with Crippen LogP contribution in [0.1, 0.15) is 13.3 Å². The lowest BCUT2D eigenvalue weighted by atomic mass is 10.2. The fourth-order valence-corrected chi connectivity index (χ4v) is 2.30. The molecule has 2 aromatic carbocycles. The van der Waals surface area contributed by atoms with E-state index in [-0.39, 0.29) is 5.69 Å². The Labute approximate surface area is 142 Å². The summed E-state index contributed by atoms with van der Waals surface area (Å²) < 4.78 is 25.2. The molecule has 0 fully saturated rings. The van der Waals surface area contributed by atoms with Crippen molar-refractivity contribution < 1.29 is 18.7 Å². The van der Waals surface area contributed by atoms with Crippen molar-refractivity contribution in [3.05, 3.63) is 52.8 Å². The van der Waals surface area contributed by atoms with Gasteiger partial charge in [0.15, 0.2) is 6.10 Å². The van der Waals surface area contributed by atoms with Gasteiger partial charge in [-0.15, -0.1) is 0 Å². The first kappa shape index (κ1) is 17.3. The molecule has 0 saturated heterocycles. The molecular formula is C17H17BrFNO3. The van der Waals surface area contributed by atoms with E-state index in [0.717, 1.165) is 0 Å². The summed E-state index contributed by atoms with van der Waals surface area (Å²) in [7, 11) is 1.55. The van der Waals surface area contributed by atoms with Crippen LogP contribution >= 0.6 is 15.9 Å². The number of nitrogens with one attached hydrogen (secondary N) is 1. The van der Waals surface area contributed by atoms with Gasteiger partial charge in [0.05, 0.1) is 12.8 Å². The Bertz CT molecular complexity index is 693. The van der Waals surface area contributed by atoms with Crippen LogP contribution in [0.5, 0.6) is 11.5 Å². The normalized spacial score (nSPS) is 11.7. The van der Waals surface area contributed by atoms with Crippen LogP contribution in [0.3, 0.4) is 0 Å². The zero-order chi connectivity index (χ0) is 16.8. The van der Waals surface area contributed by atoms with Crippen molar-refractivity contribution in [1.29, 1.82) is 0 Å². The van der Waals surface area contributed by atoms with E-state index >= 15 is 0 Å². The number of rotatable bonds is 6. The van der Waals surface area contributed by atoms with Gasteiger partial charge in [-0.25, -0.2) is 4.39 Å². The molecule has 0 aliphatic heterocycles. The Balaban J connectivity index is 2.08. The molecule has 0 aliphatic carbocycles. The fraction of sp³-hybridized carbons (Fsp3) is 0.235. The summed E-state index contributed by atoms with van der Waals surface area (Å²) in [5.41, 5.74) is 0.117. The monoisotopic (exact) mass is 381 g/mol. The topological polar surface area (TPSA) is 47.6 Å². The average Bonchev–Trinajstić information content (AvgIpc) is 2.55. The van der Waals surface area contributed by atoms with Crippen LogP contribution in [0.15, 0.2) is 46.9 Å². The van der Waals surface area contributed by atoms with Crippen LogP contribution in [0.4, 0.5) is 10.1 Å². The van der Waals surface area contributed by atoms with Crippen molar-refractivity contribution in [3.8, 4) is 11.5 Å². The Morgan fingerprint density at radius 3 is 2.65 bits per heavy atom. The standard InChI is InChI=1S/C17H17BrFNO3/c1-3-16(23-13-6-4-5-12(10-13)22-2)17(21)20-15-8-7-11(18)9-14(15)19/h4-10,16H,3H2,1-2H3,(H,20,21)/t16-/m1/s1. The summed E-state index contributed by atoms with van der Waals surface area (Å²) in [6.45, 7) is 1.82. The predicted octanol–water partition coefficient (Wildman–Crippen LogP) is 4.39. The molecular weight excluding hydrogens is 365 g/mol. The van der Waals surface area contributed by atoms with E-state index in [1.165, 1.54) is 12.1 Å². The second kappa shape index (κ2) is 7.97. The summed E-state index contributed by atoms with van der Waals surface area (Å²) in [6.07, 6.45) is -0.286. The summed E-state index contributed by atoms with van der Waals surface area (Å²) in [5, 5.41) is 2.55. The second-order valence-corrected chi connectivity index (χ2v) is 5.72. The number of anilines is 1. The molecule has 4 nitrogen and oxygen atoms in total. The maximum absolute atomic E-state index is 13.8. The van der Waals surface area contributed by atoms with Gasteiger partial charge in [-0.3, -0.25) is 4.79 Å². The highest BCUT2D eigenvalue weighted by Crippen LogP contribution is 2.22. The van der Waals surface area contributed by atoms with Crippen LogP contribution in [0.2, 0.25) is 0 Å². The van der Waals surface area contributed by atoms with Gasteiger partial charge in [-0.1, -0.05) is 28.9 Å². The number of halogens is 2. The molecule has 0 aromatic heterocycles. The van der Waals surface area contributed by atoms with Crippen molar-refractivity contribution in [2.24, 2.45) is 0 Å². The minimum atomic E-state index is -0.731. The highest BCUT2D eigenvalue weighted by molar-refractivity contribution is 9.10. The Kier molecular flexibility index (Phi) is 5.98. The van der Waals surface area contributed by atoms with Gasteiger partial charge >= 0.3 is 0 Å². The molecule has 1 N–H and O–H groups in total. The number of hydrogen-bond acceptors (Lipinski definition) is 3. The van der Waals surface area contributed by atoms with Gasteiger partial charge in [-0.2, -0.15) is 0 Å². The van der Waals surface area contributed by atoms with Crippen LogP contribution in [0, 0.1) is 5.82 Å². The second-order valence-electron chi connectivity index (χ2n) is 4.81. The summed E-state index contributed by atoms with van der Waals surface area (Å²) in [6, 6.07) is 11.4. The zero-order valence-electron chi connectivity index (χ0n) is 12.8. The molecule has 23 heavy (non-hydrogen) atoms. The van der Waals surface area contributed by atoms with Gasteiger partial charge in [-0.05, 0) is 36.8 Å². The van der Waals surface area contributed by atoms with Crippen LogP contribution in [0.25, 0.3) is 0 Å². The van der Waals surface area contributed by atoms with Crippen LogP contribution in [-0.2, 0) is 4.79 Å². The maximum atomic E-state index is 13.8. The summed E-state index contributed by atoms with van der Waals surface area (Å²) >= 11 is 3.17. The summed E-state index contributed by atoms with van der Waals surface area (Å²) in [4.78, 5) is 12.3. The van der Waals surface area contributed by atoms with Crippen molar-refractivity contribution in [2.45, 2.75) is 19.4 Å². The minimum Gasteiger partial charge on any atom is -0.497 e. The molecule has 1 atom stereocenters. The molecule has 0 bridgehead atoms. The first-order chi connectivity index (χ1) is 11.0. The number of benzene rings is 2. The lowest BCUT2D eigenvalue weighted by Crippen LogP contribution is -2.32. The van der Waals surface area contributed by atoms with Gasteiger partial charge < -0.3 is 14.8 Å².